The van der Waals surface area contributed by atoms with Gasteiger partial charge in [-0.15, -0.1) is 0 Å². The fraction of sp³-hybridized carbons (Fsp3) is 0.207. The summed E-state index contributed by atoms with van der Waals surface area (Å²) in [6.07, 6.45) is 3.08. The van der Waals surface area contributed by atoms with Gasteiger partial charge in [0.15, 0.2) is 0 Å². The number of hydrogen-bond acceptors (Lipinski definition) is 7. The Balaban J connectivity index is 1.29. The molecule has 2 aromatic carbocycles. The molecule has 3 heterocycles. The highest BCUT2D eigenvalue weighted by Crippen LogP contribution is 2.30. The molecule has 0 radical (unpaired) electrons. The predicted molar refractivity (Wildman–Crippen MR) is 143 cm³/mol. The Labute approximate surface area is 233 Å². The quantitative estimate of drug-likeness (QED) is 0.395. The van der Waals surface area contributed by atoms with Crippen LogP contribution in [-0.2, 0) is 15.1 Å². The molecular formula is C29H23FN6O5. The zero-order valence-electron chi connectivity index (χ0n) is 21.7. The molecule has 0 aliphatic carbocycles. The second kappa shape index (κ2) is 10.6. The molecule has 0 spiro atoms. The number of halogens is 1. The maximum atomic E-state index is 14.3. The van der Waals surface area contributed by atoms with Gasteiger partial charge in [-0.3, -0.25) is 34.4 Å². The summed E-state index contributed by atoms with van der Waals surface area (Å²) in [7, 11) is 0. The van der Waals surface area contributed by atoms with Gasteiger partial charge in [0, 0.05) is 30.1 Å². The van der Waals surface area contributed by atoms with Crippen molar-refractivity contribution in [1.82, 2.24) is 20.5 Å². The van der Waals surface area contributed by atoms with Crippen molar-refractivity contribution >= 4 is 35.3 Å². The van der Waals surface area contributed by atoms with Crippen molar-refractivity contribution in [3.8, 4) is 17.2 Å². The molecule has 0 bridgehead atoms. The van der Waals surface area contributed by atoms with Gasteiger partial charge in [-0.2, -0.15) is 5.26 Å². The lowest BCUT2D eigenvalue weighted by Crippen LogP contribution is -2.54. The Bertz CT molecular complexity index is 1650. The molecule has 2 unspecified atom stereocenters. The van der Waals surface area contributed by atoms with Crippen LogP contribution in [-0.4, -0.2) is 52.3 Å². The number of aromatic nitrogens is 1. The summed E-state index contributed by atoms with van der Waals surface area (Å²) >= 11 is 0. The number of urea groups is 1. The van der Waals surface area contributed by atoms with E-state index in [-0.39, 0.29) is 29.7 Å². The number of amides is 6. The van der Waals surface area contributed by atoms with Gasteiger partial charge in [0.05, 0.1) is 22.2 Å². The fourth-order valence-corrected chi connectivity index (χ4v) is 4.83. The number of anilines is 1. The standard InChI is InChI=1S/C29H23FN6O5/c1-29(15-30,19-4-2-17(3-5-19)18-10-16(12-31)13-32-14-18)35-28(41)33-20-6-7-21-22(11-20)27(40)36(26(21)39)23-8-9-24(37)34-25(23)38/h2-7,10-11,13-14,23H,8-9,15H2,1H3,(H2,33,35,41)(H,34,37,38). The first-order valence-corrected chi connectivity index (χ1v) is 12.6. The Morgan fingerprint density at radius 1 is 1.07 bits per heavy atom. The third kappa shape index (κ3) is 5.12. The number of nitriles is 1. The zero-order chi connectivity index (χ0) is 29.3. The van der Waals surface area contributed by atoms with Crippen molar-refractivity contribution in [1.29, 1.82) is 5.26 Å². The summed E-state index contributed by atoms with van der Waals surface area (Å²) in [5.74, 6) is -2.58. The Morgan fingerprint density at radius 2 is 1.80 bits per heavy atom. The molecule has 206 valence electrons. The van der Waals surface area contributed by atoms with Gasteiger partial charge in [-0.1, -0.05) is 24.3 Å². The molecule has 1 aromatic heterocycles. The minimum Gasteiger partial charge on any atom is -0.326 e. The minimum atomic E-state index is -1.40. The van der Waals surface area contributed by atoms with Gasteiger partial charge >= 0.3 is 6.03 Å². The predicted octanol–water partition coefficient (Wildman–Crippen LogP) is 3.03. The van der Waals surface area contributed by atoms with Gasteiger partial charge in [-0.25, -0.2) is 9.18 Å². The minimum absolute atomic E-state index is 0.00154. The number of rotatable bonds is 6. The van der Waals surface area contributed by atoms with Crippen LogP contribution >= 0.6 is 0 Å². The summed E-state index contributed by atoms with van der Waals surface area (Å²) in [5.41, 5.74) is 1.19. The van der Waals surface area contributed by atoms with E-state index in [1.54, 1.807) is 36.5 Å². The maximum Gasteiger partial charge on any atom is 0.320 e. The first-order valence-electron chi connectivity index (χ1n) is 12.6. The lowest BCUT2D eigenvalue weighted by Gasteiger charge is -2.28. The number of nitrogens with zero attached hydrogens (tertiary/aromatic N) is 3. The van der Waals surface area contributed by atoms with Crippen molar-refractivity contribution in [2.24, 2.45) is 0 Å². The number of carbonyl (C=O) groups is 5. The van der Waals surface area contributed by atoms with E-state index < -0.39 is 47.9 Å². The average molecular weight is 555 g/mol. The number of pyridine rings is 1. The highest BCUT2D eigenvalue weighted by atomic mass is 19.1. The van der Waals surface area contributed by atoms with Crippen LogP contribution in [0.1, 0.15) is 51.6 Å². The van der Waals surface area contributed by atoms with Crippen LogP contribution in [0.3, 0.4) is 0 Å². The summed E-state index contributed by atoms with van der Waals surface area (Å²) in [5, 5.41) is 16.4. The van der Waals surface area contributed by atoms with Crippen molar-refractivity contribution in [3.63, 3.8) is 0 Å². The largest absolute Gasteiger partial charge is 0.326 e. The molecule has 3 N–H and O–H groups in total. The average Bonchev–Trinajstić information content (AvgIpc) is 3.21. The third-order valence-electron chi connectivity index (χ3n) is 7.08. The van der Waals surface area contributed by atoms with E-state index in [0.29, 0.717) is 16.7 Å². The molecule has 5 rings (SSSR count). The van der Waals surface area contributed by atoms with Gasteiger partial charge < -0.3 is 10.6 Å². The van der Waals surface area contributed by atoms with E-state index in [9.17, 15) is 28.4 Å². The molecule has 1 fully saturated rings. The Kier molecular flexibility index (Phi) is 7.03. The van der Waals surface area contributed by atoms with Crippen LogP contribution in [0.4, 0.5) is 14.9 Å². The second-order valence-electron chi connectivity index (χ2n) is 9.90. The first-order chi connectivity index (χ1) is 19.6. The van der Waals surface area contributed by atoms with Crippen molar-refractivity contribution in [2.75, 3.05) is 12.0 Å². The Hall–Kier alpha value is -5.44. The molecule has 2 aliphatic heterocycles. The SMILES string of the molecule is CC(CF)(NC(=O)Nc1ccc2c(c1)C(=O)N(C1CCC(=O)NC1=O)C2=O)c1ccc(-c2cncc(C#N)c2)cc1. The van der Waals surface area contributed by atoms with E-state index in [1.165, 1.54) is 31.3 Å². The highest BCUT2D eigenvalue weighted by molar-refractivity contribution is 6.23. The molecule has 12 heteroatoms. The normalized spacial score (nSPS) is 17.8. The van der Waals surface area contributed by atoms with E-state index in [2.05, 4.69) is 20.9 Å². The maximum absolute atomic E-state index is 14.3. The third-order valence-corrected chi connectivity index (χ3v) is 7.08. The molecular weight excluding hydrogens is 531 g/mol. The molecule has 2 aliphatic rings. The van der Waals surface area contributed by atoms with Crippen LogP contribution in [0.25, 0.3) is 11.1 Å². The van der Waals surface area contributed by atoms with E-state index in [0.717, 1.165) is 10.5 Å². The van der Waals surface area contributed by atoms with Crippen molar-refractivity contribution < 1.29 is 28.4 Å². The van der Waals surface area contributed by atoms with Crippen LogP contribution in [0.2, 0.25) is 0 Å². The smallest absolute Gasteiger partial charge is 0.320 e. The summed E-state index contributed by atoms with van der Waals surface area (Å²) in [6, 6.07) is 12.7. The van der Waals surface area contributed by atoms with Crippen LogP contribution in [0.15, 0.2) is 60.9 Å². The van der Waals surface area contributed by atoms with Crippen LogP contribution < -0.4 is 16.0 Å². The summed E-state index contributed by atoms with van der Waals surface area (Å²) < 4.78 is 14.3. The number of piperidine rings is 1. The van der Waals surface area contributed by atoms with Gasteiger partial charge in [-0.05, 0) is 48.7 Å². The van der Waals surface area contributed by atoms with Crippen LogP contribution in [0, 0.1) is 11.3 Å². The second-order valence-corrected chi connectivity index (χ2v) is 9.90. The van der Waals surface area contributed by atoms with Crippen LogP contribution in [0.5, 0.6) is 0 Å². The molecule has 1 saturated heterocycles. The molecule has 0 saturated carbocycles. The molecule has 2 atom stereocenters. The Morgan fingerprint density at radius 3 is 2.49 bits per heavy atom. The van der Waals surface area contributed by atoms with Gasteiger partial charge in [0.25, 0.3) is 11.8 Å². The van der Waals surface area contributed by atoms with E-state index in [1.807, 2.05) is 6.07 Å². The van der Waals surface area contributed by atoms with Crippen molar-refractivity contribution in [2.45, 2.75) is 31.3 Å². The lowest BCUT2D eigenvalue weighted by molar-refractivity contribution is -0.136. The number of benzene rings is 2. The number of alkyl halides is 1. The molecule has 41 heavy (non-hydrogen) atoms. The first kappa shape index (κ1) is 27.1. The number of nitrogens with one attached hydrogen (secondary N) is 3. The number of hydrogen-bond donors (Lipinski definition) is 3. The lowest BCUT2D eigenvalue weighted by atomic mass is 9.92. The number of carbonyl (C=O) groups excluding carboxylic acids is 5. The molecule has 3 aromatic rings. The summed E-state index contributed by atoms with van der Waals surface area (Å²) in [6.45, 7) is 0.589. The number of imide groups is 2. The highest BCUT2D eigenvalue weighted by Gasteiger charge is 2.44. The topological polar surface area (TPSA) is 161 Å². The molecule has 6 amide bonds. The monoisotopic (exact) mass is 554 g/mol. The van der Waals surface area contributed by atoms with Gasteiger partial charge in [0.2, 0.25) is 11.8 Å². The zero-order valence-corrected chi connectivity index (χ0v) is 21.7. The van der Waals surface area contributed by atoms with Gasteiger partial charge in [0.1, 0.15) is 18.8 Å². The number of fused-ring (bicyclic) bond motifs is 1. The summed E-state index contributed by atoms with van der Waals surface area (Å²) in [4.78, 5) is 67.4. The van der Waals surface area contributed by atoms with E-state index in [4.69, 9.17) is 5.26 Å². The molecule has 11 nitrogen and oxygen atoms in total. The van der Waals surface area contributed by atoms with E-state index >= 15 is 0 Å². The van der Waals surface area contributed by atoms with Crippen molar-refractivity contribution in [3.05, 3.63) is 83.2 Å². The fourth-order valence-electron chi connectivity index (χ4n) is 4.83.